The highest BCUT2D eigenvalue weighted by Gasteiger charge is 2.19. The number of benzene rings is 9. The fourth-order valence-electron chi connectivity index (χ4n) is 6.85. The molecule has 3 aromatic heterocycles. The molecular formula is C48H28N2O. The maximum Gasteiger partial charge on any atom is 0.136 e. The number of hydrogen-bond acceptors (Lipinski definition) is 1. The summed E-state index contributed by atoms with van der Waals surface area (Å²) in [5, 5.41) is -4.09. The SMILES string of the molecule is [2H]c1c([2H])c([2H])c(-n2c3c([2H])c([2H])c([2H])c([2H])c3c3c([2H])c(-c4c([2H])c([2H])c5c(c4[2H])c4c([2H])c([2H])c([2H])c([2H])c4n5-c4c([2H])c([2H])c5c(c4[2H])c4c([2H])c([2H])c([2H])c6oc7c([2H])c([2H])c([2H])c5c7c64)c([2H])c([2H])c32)c([2H])c1[2H]. The van der Waals surface area contributed by atoms with Gasteiger partial charge in [0, 0.05) is 43.7 Å². The molecule has 3 heterocycles. The summed E-state index contributed by atoms with van der Waals surface area (Å²) < 4.78 is 262. The standard InChI is InChI=1S/C48H28N2O/c1-2-10-31(11-3-1)49-41-16-6-4-12-34(41)39-26-29(20-24-43(39)49)30-21-25-44-40(27-30)35-13-5-7-17-42(35)50(44)32-22-23-33-36-14-8-18-45-47(36)48-37(38(33)28-32)15-9-19-46(48)51-45/h1-28H/i1D,2D,3D,4D,5D,6D,7D,8D,9D,10D,11D,12D,13D,14D,15D,16D,17D,18D,19D,20D,21D,22D,23D,24D,25D,26D,27D,28D. The van der Waals surface area contributed by atoms with Crippen LogP contribution in [0.1, 0.15) is 38.4 Å². The molecule has 3 nitrogen and oxygen atoms in total. The second-order valence-electron chi connectivity index (χ2n) is 11.5. The van der Waals surface area contributed by atoms with Crippen LogP contribution in [0.15, 0.2) is 174 Å². The number of furan rings is 1. The van der Waals surface area contributed by atoms with Crippen molar-refractivity contribution in [2.75, 3.05) is 0 Å². The predicted molar refractivity (Wildman–Crippen MR) is 214 cm³/mol. The zero-order valence-electron chi connectivity index (χ0n) is 53.3. The topological polar surface area (TPSA) is 23.0 Å². The van der Waals surface area contributed by atoms with E-state index in [-0.39, 0.29) is 32.7 Å². The van der Waals surface area contributed by atoms with Crippen LogP contribution in [0.5, 0.6) is 0 Å². The van der Waals surface area contributed by atoms with E-state index in [1.165, 1.54) is 0 Å². The van der Waals surface area contributed by atoms with Gasteiger partial charge in [0.2, 0.25) is 0 Å². The molecule has 0 spiro atoms. The van der Waals surface area contributed by atoms with Crippen LogP contribution in [0.25, 0.3) is 110 Å². The molecule has 0 saturated carbocycles. The Morgan fingerprint density at radius 2 is 0.843 bits per heavy atom. The molecule has 3 heteroatoms. The van der Waals surface area contributed by atoms with Crippen LogP contribution in [0.4, 0.5) is 0 Å². The number of para-hydroxylation sites is 3. The van der Waals surface area contributed by atoms with Crippen LogP contribution < -0.4 is 0 Å². The van der Waals surface area contributed by atoms with Gasteiger partial charge < -0.3 is 13.6 Å². The molecule has 51 heavy (non-hydrogen) atoms. The summed E-state index contributed by atoms with van der Waals surface area (Å²) in [6.45, 7) is 0. The average Bonchev–Trinajstić information content (AvgIpc) is 4.34. The molecule has 236 valence electrons. The Balaban J connectivity index is 1.29. The van der Waals surface area contributed by atoms with Gasteiger partial charge in [-0.3, -0.25) is 0 Å². The van der Waals surface area contributed by atoms with Gasteiger partial charge >= 0.3 is 0 Å². The van der Waals surface area contributed by atoms with Crippen LogP contribution in [-0.4, -0.2) is 9.13 Å². The number of fused-ring (bicyclic) bond motifs is 9. The predicted octanol–water partition coefficient (Wildman–Crippen LogP) is 13.2. The van der Waals surface area contributed by atoms with Gasteiger partial charge in [-0.1, -0.05) is 96.7 Å². The summed E-state index contributed by atoms with van der Waals surface area (Å²) in [6, 6.07) is -24.1. The fraction of sp³-hybridized carbons (Fsp3) is 0. The first kappa shape index (κ1) is 11.9. The van der Waals surface area contributed by atoms with Crippen LogP contribution in [0.3, 0.4) is 0 Å². The molecule has 0 fully saturated rings. The van der Waals surface area contributed by atoms with Gasteiger partial charge in [0.1, 0.15) is 11.2 Å². The monoisotopic (exact) mass is 676 g/mol. The molecule has 0 aliphatic rings. The molecule has 9 aromatic carbocycles. The maximum atomic E-state index is 9.99. The molecule has 0 bridgehead atoms. The zero-order chi connectivity index (χ0) is 57.6. The van der Waals surface area contributed by atoms with E-state index in [4.69, 9.17) is 26.3 Å². The number of rotatable bonds is 3. The fourth-order valence-corrected chi connectivity index (χ4v) is 6.85. The third-order valence-electron chi connectivity index (χ3n) is 8.93. The molecule has 0 aliphatic carbocycles. The van der Waals surface area contributed by atoms with E-state index in [0.29, 0.717) is 0 Å². The summed E-state index contributed by atoms with van der Waals surface area (Å²) in [5.74, 6) is 0. The quantitative estimate of drug-likeness (QED) is 0.171. The molecule has 0 unspecified atom stereocenters. The Hall–Kier alpha value is -6.84. The van der Waals surface area contributed by atoms with Crippen molar-refractivity contribution in [2.45, 2.75) is 0 Å². The zero-order valence-corrected chi connectivity index (χ0v) is 25.3. The van der Waals surface area contributed by atoms with E-state index >= 15 is 0 Å². The van der Waals surface area contributed by atoms with Crippen molar-refractivity contribution in [1.82, 2.24) is 9.13 Å². The van der Waals surface area contributed by atoms with E-state index in [1.54, 1.807) is 0 Å². The summed E-state index contributed by atoms with van der Waals surface area (Å²) in [6.07, 6.45) is 0. The smallest absolute Gasteiger partial charge is 0.136 e. The lowest BCUT2D eigenvalue weighted by Gasteiger charge is -2.13. The van der Waals surface area contributed by atoms with Crippen LogP contribution >= 0.6 is 0 Å². The van der Waals surface area contributed by atoms with Crippen molar-refractivity contribution in [3.8, 4) is 22.5 Å². The summed E-state index contributed by atoms with van der Waals surface area (Å²) in [7, 11) is 0. The number of nitrogens with zero attached hydrogens (tertiary/aromatic N) is 2. The minimum atomic E-state index is -1.04. The lowest BCUT2D eigenvalue weighted by molar-refractivity contribution is 0.669. The first-order valence-electron chi connectivity index (χ1n) is 29.2. The van der Waals surface area contributed by atoms with Crippen molar-refractivity contribution in [1.29, 1.82) is 0 Å². The van der Waals surface area contributed by atoms with E-state index in [0.717, 1.165) is 9.13 Å². The van der Waals surface area contributed by atoms with E-state index in [9.17, 15) is 16.4 Å². The Morgan fingerprint density at radius 3 is 1.47 bits per heavy atom. The van der Waals surface area contributed by atoms with Gasteiger partial charge in [-0.15, -0.1) is 0 Å². The van der Waals surface area contributed by atoms with E-state index in [1.807, 2.05) is 0 Å². The summed E-state index contributed by atoms with van der Waals surface area (Å²) >= 11 is 0. The second kappa shape index (κ2) is 9.87. The van der Waals surface area contributed by atoms with Crippen LogP contribution in [-0.2, 0) is 0 Å². The molecule has 0 radical (unpaired) electrons. The first-order valence-corrected chi connectivity index (χ1v) is 15.2. The molecular weight excluding hydrogens is 621 g/mol. The van der Waals surface area contributed by atoms with E-state index in [2.05, 4.69) is 0 Å². The van der Waals surface area contributed by atoms with Crippen LogP contribution in [0, 0.1) is 0 Å². The lowest BCUT2D eigenvalue weighted by atomic mass is 9.94. The Morgan fingerprint density at radius 1 is 0.333 bits per heavy atom. The summed E-state index contributed by atoms with van der Waals surface area (Å²) in [4.78, 5) is 0. The molecule has 0 atom stereocenters. The number of aromatic nitrogens is 2. The Kier molecular flexibility index (Phi) is 2.30. The Labute approximate surface area is 331 Å². The second-order valence-corrected chi connectivity index (χ2v) is 11.5. The molecule has 0 amide bonds. The summed E-state index contributed by atoms with van der Waals surface area (Å²) in [5.41, 5.74) is -6.34. The van der Waals surface area contributed by atoms with Crippen molar-refractivity contribution in [2.24, 2.45) is 0 Å². The third kappa shape index (κ3) is 3.62. The van der Waals surface area contributed by atoms with Crippen molar-refractivity contribution in [3.05, 3.63) is 169 Å². The molecule has 0 aliphatic heterocycles. The van der Waals surface area contributed by atoms with Gasteiger partial charge in [0.05, 0.1) is 60.4 Å². The minimum Gasteiger partial charge on any atom is -0.456 e. The normalized spacial score (nSPS) is 20.0. The molecule has 0 N–H and O–H groups in total. The number of hydrogen-bond donors (Lipinski definition) is 0. The van der Waals surface area contributed by atoms with Crippen molar-refractivity contribution >= 4 is 87.1 Å². The highest BCUT2D eigenvalue weighted by molar-refractivity contribution is 6.33. The average molecular weight is 677 g/mol. The maximum absolute atomic E-state index is 9.99. The molecule has 12 rings (SSSR count). The third-order valence-corrected chi connectivity index (χ3v) is 8.93. The largest absolute Gasteiger partial charge is 0.456 e. The van der Waals surface area contributed by atoms with Gasteiger partial charge in [-0.2, -0.15) is 0 Å². The van der Waals surface area contributed by atoms with Gasteiger partial charge in [-0.05, 0) is 105 Å². The lowest BCUT2D eigenvalue weighted by Crippen LogP contribution is -1.94. The highest BCUT2D eigenvalue weighted by Crippen LogP contribution is 2.44. The molecule has 0 saturated heterocycles. The molecule has 12 aromatic rings. The minimum absolute atomic E-state index is 0.106. The highest BCUT2D eigenvalue weighted by atomic mass is 16.3. The van der Waals surface area contributed by atoms with Gasteiger partial charge in [0.25, 0.3) is 0 Å². The Bertz CT molecular complexity index is 4970. The van der Waals surface area contributed by atoms with E-state index < -0.39 is 246 Å². The first-order chi connectivity index (χ1) is 37.0. The van der Waals surface area contributed by atoms with Crippen molar-refractivity contribution < 1.29 is 42.8 Å². The van der Waals surface area contributed by atoms with Crippen molar-refractivity contribution in [3.63, 3.8) is 0 Å². The van der Waals surface area contributed by atoms with Gasteiger partial charge in [0.15, 0.2) is 0 Å². The van der Waals surface area contributed by atoms with Crippen LogP contribution in [0.2, 0.25) is 0 Å². The van der Waals surface area contributed by atoms with Gasteiger partial charge in [-0.25, -0.2) is 0 Å².